The quantitative estimate of drug-likeness (QED) is 0.860. The van der Waals surface area contributed by atoms with Gasteiger partial charge in [-0.2, -0.15) is 10.2 Å². The maximum atomic E-state index is 6.06. The van der Waals surface area contributed by atoms with E-state index in [0.717, 1.165) is 62.4 Å². The molecule has 112 valence electrons. The van der Waals surface area contributed by atoms with Gasteiger partial charge in [0.15, 0.2) is 0 Å². The average Bonchev–Trinajstić information content (AvgIpc) is 2.53. The predicted octanol–water partition coefficient (Wildman–Crippen LogP) is 2.42. The molecule has 0 saturated carbocycles. The van der Waals surface area contributed by atoms with E-state index in [2.05, 4.69) is 20.4 Å². The van der Waals surface area contributed by atoms with Crippen LogP contribution in [0.25, 0.3) is 10.9 Å². The van der Waals surface area contributed by atoms with Crippen molar-refractivity contribution in [2.24, 2.45) is 0 Å². The van der Waals surface area contributed by atoms with Crippen molar-refractivity contribution in [3.63, 3.8) is 0 Å². The Hall–Kier alpha value is -1.43. The third-order valence-corrected chi connectivity index (χ3v) is 3.91. The molecule has 1 N–H and O–H groups in total. The van der Waals surface area contributed by atoms with Gasteiger partial charge in [0, 0.05) is 30.0 Å². The van der Waals surface area contributed by atoms with Crippen LogP contribution in [-0.2, 0) is 4.74 Å². The van der Waals surface area contributed by atoms with Crippen LogP contribution < -0.4 is 5.32 Å². The molecule has 0 unspecified atom stereocenters. The fraction of sp³-hybridized carbons (Fsp3) is 0.467. The summed E-state index contributed by atoms with van der Waals surface area (Å²) in [7, 11) is 0. The van der Waals surface area contributed by atoms with Crippen molar-refractivity contribution in [1.29, 1.82) is 0 Å². The summed E-state index contributed by atoms with van der Waals surface area (Å²) in [6.45, 7) is 5.78. The van der Waals surface area contributed by atoms with Crippen LogP contribution in [0.3, 0.4) is 0 Å². The molecule has 2 heterocycles. The lowest BCUT2D eigenvalue weighted by atomic mass is 10.2. The first kappa shape index (κ1) is 14.5. The number of anilines is 1. The molecule has 0 spiro atoms. The van der Waals surface area contributed by atoms with Crippen LogP contribution in [0.5, 0.6) is 0 Å². The molecular weight excluding hydrogens is 288 g/mol. The Labute approximate surface area is 129 Å². The molecule has 1 aliphatic rings. The number of hydrogen-bond acceptors (Lipinski definition) is 5. The molecule has 21 heavy (non-hydrogen) atoms. The number of aromatic nitrogens is 2. The molecule has 1 fully saturated rings. The van der Waals surface area contributed by atoms with Crippen molar-refractivity contribution in [3.8, 4) is 0 Å². The van der Waals surface area contributed by atoms with E-state index in [1.807, 2.05) is 18.2 Å². The zero-order valence-corrected chi connectivity index (χ0v) is 12.6. The smallest absolute Gasteiger partial charge is 0.0951 e. The van der Waals surface area contributed by atoms with Gasteiger partial charge in [0.1, 0.15) is 0 Å². The van der Waals surface area contributed by atoms with E-state index in [4.69, 9.17) is 16.3 Å². The number of hydrogen-bond donors (Lipinski definition) is 1. The fourth-order valence-electron chi connectivity index (χ4n) is 2.52. The van der Waals surface area contributed by atoms with Gasteiger partial charge in [-0.15, -0.1) is 0 Å². The van der Waals surface area contributed by atoms with Crippen LogP contribution in [0.1, 0.15) is 6.42 Å². The Morgan fingerprint density at radius 2 is 2.14 bits per heavy atom. The first-order valence-electron chi connectivity index (χ1n) is 7.28. The first-order valence-corrected chi connectivity index (χ1v) is 7.66. The minimum atomic E-state index is 0.715. The van der Waals surface area contributed by atoms with Gasteiger partial charge in [-0.1, -0.05) is 11.6 Å². The van der Waals surface area contributed by atoms with Gasteiger partial charge in [-0.3, -0.25) is 4.90 Å². The summed E-state index contributed by atoms with van der Waals surface area (Å²) in [5, 5.41) is 13.3. The summed E-state index contributed by atoms with van der Waals surface area (Å²) in [5.74, 6) is 0. The molecule has 2 aromatic rings. The normalized spacial score (nSPS) is 16.2. The number of rotatable bonds is 5. The van der Waals surface area contributed by atoms with E-state index < -0.39 is 0 Å². The predicted molar refractivity (Wildman–Crippen MR) is 84.9 cm³/mol. The Morgan fingerprint density at radius 1 is 1.29 bits per heavy atom. The highest BCUT2D eigenvalue weighted by molar-refractivity contribution is 6.31. The van der Waals surface area contributed by atoms with E-state index >= 15 is 0 Å². The summed E-state index contributed by atoms with van der Waals surface area (Å²) >= 11 is 6.06. The average molecular weight is 307 g/mol. The van der Waals surface area contributed by atoms with Gasteiger partial charge in [0.25, 0.3) is 0 Å². The van der Waals surface area contributed by atoms with Gasteiger partial charge < -0.3 is 10.1 Å². The Bertz CT molecular complexity index is 601. The van der Waals surface area contributed by atoms with Crippen LogP contribution in [0.2, 0.25) is 5.02 Å². The molecule has 1 saturated heterocycles. The van der Waals surface area contributed by atoms with Crippen molar-refractivity contribution in [1.82, 2.24) is 15.1 Å². The number of fused-ring (bicyclic) bond motifs is 1. The highest BCUT2D eigenvalue weighted by atomic mass is 35.5. The minimum Gasteiger partial charge on any atom is -0.383 e. The summed E-state index contributed by atoms with van der Waals surface area (Å²) in [4.78, 5) is 2.44. The van der Waals surface area contributed by atoms with Gasteiger partial charge in [0.05, 0.1) is 30.6 Å². The molecule has 0 aliphatic carbocycles. The lowest BCUT2D eigenvalue weighted by molar-refractivity contribution is 0.0378. The lowest BCUT2D eigenvalue weighted by Gasteiger charge is -2.26. The second-order valence-corrected chi connectivity index (χ2v) is 5.59. The van der Waals surface area contributed by atoms with Crippen LogP contribution >= 0.6 is 11.6 Å². The maximum Gasteiger partial charge on any atom is 0.0951 e. The van der Waals surface area contributed by atoms with Crippen molar-refractivity contribution in [2.45, 2.75) is 6.42 Å². The van der Waals surface area contributed by atoms with Gasteiger partial charge >= 0.3 is 0 Å². The van der Waals surface area contributed by atoms with Gasteiger partial charge in [0.2, 0.25) is 0 Å². The molecule has 1 aromatic heterocycles. The van der Waals surface area contributed by atoms with Gasteiger partial charge in [-0.25, -0.2) is 0 Å². The molecule has 1 aromatic carbocycles. The molecule has 0 atom stereocenters. The molecule has 3 rings (SSSR count). The zero-order chi connectivity index (χ0) is 14.5. The number of nitrogens with zero attached hydrogens (tertiary/aromatic N) is 3. The third kappa shape index (κ3) is 3.81. The number of morpholine rings is 1. The highest BCUT2D eigenvalue weighted by Crippen LogP contribution is 2.23. The Kier molecular flexibility index (Phi) is 4.85. The first-order chi connectivity index (χ1) is 10.3. The highest BCUT2D eigenvalue weighted by Gasteiger charge is 2.09. The topological polar surface area (TPSA) is 50.3 Å². The Balaban J connectivity index is 1.56. The number of halogens is 1. The summed E-state index contributed by atoms with van der Waals surface area (Å²) < 4.78 is 5.35. The van der Waals surface area contributed by atoms with Crippen LogP contribution in [0, 0.1) is 0 Å². The van der Waals surface area contributed by atoms with Crippen molar-refractivity contribution in [3.05, 3.63) is 29.4 Å². The lowest BCUT2D eigenvalue weighted by Crippen LogP contribution is -2.37. The zero-order valence-electron chi connectivity index (χ0n) is 11.9. The molecule has 6 heteroatoms. The maximum absolute atomic E-state index is 6.06. The number of ether oxygens (including phenoxy) is 1. The summed E-state index contributed by atoms with van der Waals surface area (Å²) in [6.07, 6.45) is 2.85. The number of benzene rings is 1. The van der Waals surface area contributed by atoms with E-state index in [0.29, 0.717) is 5.02 Å². The van der Waals surface area contributed by atoms with Crippen LogP contribution in [0.4, 0.5) is 5.69 Å². The van der Waals surface area contributed by atoms with E-state index in [1.165, 1.54) is 0 Å². The largest absolute Gasteiger partial charge is 0.383 e. The number of nitrogens with one attached hydrogen (secondary N) is 1. The van der Waals surface area contributed by atoms with Crippen LogP contribution in [0.15, 0.2) is 24.4 Å². The second-order valence-electron chi connectivity index (χ2n) is 5.15. The van der Waals surface area contributed by atoms with Crippen molar-refractivity contribution in [2.75, 3.05) is 44.7 Å². The van der Waals surface area contributed by atoms with E-state index in [1.54, 1.807) is 6.20 Å². The third-order valence-electron chi connectivity index (χ3n) is 3.67. The minimum absolute atomic E-state index is 0.715. The molecule has 0 radical (unpaired) electrons. The standard InChI is InChI=1S/C15H19ClN4O/c16-12-2-3-14-13(10-12)15(11-18-19-14)17-4-1-5-20-6-8-21-9-7-20/h2-3,10-11H,1,4-9H2,(H,17,19). The second kappa shape index (κ2) is 7.02. The molecule has 1 aliphatic heterocycles. The summed E-state index contributed by atoms with van der Waals surface area (Å²) in [6, 6.07) is 5.65. The summed E-state index contributed by atoms with van der Waals surface area (Å²) in [5.41, 5.74) is 1.85. The van der Waals surface area contributed by atoms with Crippen LogP contribution in [-0.4, -0.2) is 54.5 Å². The Morgan fingerprint density at radius 3 is 3.00 bits per heavy atom. The van der Waals surface area contributed by atoms with E-state index in [-0.39, 0.29) is 0 Å². The SMILES string of the molecule is Clc1ccc2nncc(NCCCN3CCOCC3)c2c1. The molecule has 0 amide bonds. The van der Waals surface area contributed by atoms with Gasteiger partial charge in [-0.05, 0) is 31.2 Å². The molecular formula is C15H19ClN4O. The fourth-order valence-corrected chi connectivity index (χ4v) is 2.69. The molecule has 5 nitrogen and oxygen atoms in total. The monoisotopic (exact) mass is 306 g/mol. The molecule has 0 bridgehead atoms. The van der Waals surface area contributed by atoms with Crippen molar-refractivity contribution < 1.29 is 4.74 Å². The van der Waals surface area contributed by atoms with Crippen molar-refractivity contribution >= 4 is 28.2 Å². The van der Waals surface area contributed by atoms with E-state index in [9.17, 15) is 0 Å².